The second kappa shape index (κ2) is 6.55. The average molecular weight is 294 g/mol. The van der Waals surface area contributed by atoms with Crippen LogP contribution in [0.3, 0.4) is 0 Å². The molecule has 0 aromatic carbocycles. The lowest BCUT2D eigenvalue weighted by Gasteiger charge is -2.34. The van der Waals surface area contributed by atoms with Gasteiger partial charge < -0.3 is 4.74 Å². The molecular weight excluding hydrogens is 278 g/mol. The Balaban J connectivity index is 2.49. The van der Waals surface area contributed by atoms with Crippen molar-refractivity contribution in [2.45, 2.75) is 12.5 Å². The Morgan fingerprint density at radius 1 is 1.73 bits per heavy atom. The number of esters is 1. The summed E-state index contributed by atoms with van der Waals surface area (Å²) in [6.45, 7) is 5.65. The van der Waals surface area contributed by atoms with Crippen molar-refractivity contribution in [1.29, 1.82) is 0 Å². The molecule has 0 aliphatic carbocycles. The van der Waals surface area contributed by atoms with E-state index >= 15 is 0 Å². The highest BCUT2D eigenvalue weighted by Gasteiger charge is 2.25. The van der Waals surface area contributed by atoms with Gasteiger partial charge in [-0.05, 0) is 0 Å². The summed E-state index contributed by atoms with van der Waals surface area (Å²) in [5.41, 5.74) is 0. The van der Waals surface area contributed by atoms with Gasteiger partial charge in [-0.1, -0.05) is 22.5 Å². The third-order valence-corrected chi connectivity index (χ3v) is 3.70. The van der Waals surface area contributed by atoms with Gasteiger partial charge in [-0.25, -0.2) is 0 Å². The quantitative estimate of drug-likeness (QED) is 0.740. The third-order valence-electron chi connectivity index (χ3n) is 2.35. The Bertz CT molecular complexity index is 248. The van der Waals surface area contributed by atoms with E-state index in [1.54, 1.807) is 0 Å². The SMILES string of the molecule is C=C(Br)CN1CCSC[C@H]1CC(=O)OC. The van der Waals surface area contributed by atoms with E-state index in [9.17, 15) is 4.79 Å². The number of rotatable bonds is 4. The number of thioether (sulfide) groups is 1. The van der Waals surface area contributed by atoms with E-state index in [4.69, 9.17) is 4.74 Å². The highest BCUT2D eigenvalue weighted by Crippen LogP contribution is 2.21. The van der Waals surface area contributed by atoms with Crippen molar-refractivity contribution in [2.24, 2.45) is 0 Å². The molecule has 0 amide bonds. The minimum absolute atomic E-state index is 0.132. The molecule has 1 aliphatic heterocycles. The standard InChI is InChI=1S/C10H16BrNO2S/c1-8(11)6-12-3-4-15-7-9(12)5-10(13)14-2/h9H,1,3-7H2,2H3/t9-/m1/s1. The van der Waals surface area contributed by atoms with E-state index in [0.29, 0.717) is 6.42 Å². The molecule has 1 fully saturated rings. The summed E-state index contributed by atoms with van der Waals surface area (Å²) in [6, 6.07) is 0.283. The first-order valence-electron chi connectivity index (χ1n) is 4.85. The Morgan fingerprint density at radius 3 is 3.07 bits per heavy atom. The molecule has 1 aliphatic rings. The molecule has 5 heteroatoms. The van der Waals surface area contributed by atoms with Crippen molar-refractivity contribution in [2.75, 3.05) is 31.7 Å². The maximum absolute atomic E-state index is 11.2. The lowest BCUT2D eigenvalue weighted by molar-refractivity contribution is -0.141. The smallest absolute Gasteiger partial charge is 0.307 e. The first kappa shape index (κ1) is 13.1. The predicted octanol–water partition coefficient (Wildman–Crippen LogP) is 1.88. The highest BCUT2D eigenvalue weighted by molar-refractivity contribution is 9.11. The van der Waals surface area contributed by atoms with Crippen molar-refractivity contribution in [3.05, 3.63) is 11.1 Å². The monoisotopic (exact) mass is 293 g/mol. The lowest BCUT2D eigenvalue weighted by Crippen LogP contribution is -2.44. The summed E-state index contributed by atoms with van der Waals surface area (Å²) in [4.78, 5) is 13.5. The third kappa shape index (κ3) is 4.57. The van der Waals surface area contributed by atoms with Gasteiger partial charge in [0.15, 0.2) is 0 Å². The zero-order valence-electron chi connectivity index (χ0n) is 8.87. The van der Waals surface area contributed by atoms with Crippen LogP contribution in [0.25, 0.3) is 0 Å². The second-order valence-corrected chi connectivity index (χ2v) is 5.77. The number of methoxy groups -OCH3 is 1. The van der Waals surface area contributed by atoms with E-state index in [-0.39, 0.29) is 12.0 Å². The Kier molecular flexibility index (Phi) is 5.71. The molecule has 0 radical (unpaired) electrons. The van der Waals surface area contributed by atoms with Crippen molar-refractivity contribution in [3.8, 4) is 0 Å². The van der Waals surface area contributed by atoms with Crippen molar-refractivity contribution >= 4 is 33.7 Å². The van der Waals surface area contributed by atoms with Crippen LogP contribution in [0.4, 0.5) is 0 Å². The van der Waals surface area contributed by atoms with Gasteiger partial charge in [0.2, 0.25) is 0 Å². The lowest BCUT2D eigenvalue weighted by atomic mass is 10.2. The fraction of sp³-hybridized carbons (Fsp3) is 0.700. The van der Waals surface area contributed by atoms with Crippen LogP contribution in [0.1, 0.15) is 6.42 Å². The molecule has 1 heterocycles. The second-order valence-electron chi connectivity index (χ2n) is 3.50. The average Bonchev–Trinajstić information content (AvgIpc) is 2.20. The molecule has 1 saturated heterocycles. The van der Waals surface area contributed by atoms with E-state index in [2.05, 4.69) is 27.4 Å². The van der Waals surface area contributed by atoms with Crippen LogP contribution >= 0.6 is 27.7 Å². The van der Waals surface area contributed by atoms with Gasteiger partial charge >= 0.3 is 5.97 Å². The van der Waals surface area contributed by atoms with Gasteiger partial charge in [-0.15, -0.1) is 0 Å². The van der Waals surface area contributed by atoms with Gasteiger partial charge in [0.1, 0.15) is 0 Å². The first-order valence-corrected chi connectivity index (χ1v) is 6.80. The molecule has 0 aromatic heterocycles. The normalized spacial score (nSPS) is 22.4. The van der Waals surface area contributed by atoms with Crippen LogP contribution in [0.2, 0.25) is 0 Å². The molecule has 0 aromatic rings. The molecule has 1 atom stereocenters. The Hall–Kier alpha value is -0.000000000000000111. The summed E-state index contributed by atoms with van der Waals surface area (Å²) in [5.74, 6) is 1.99. The van der Waals surface area contributed by atoms with Gasteiger partial charge in [-0.2, -0.15) is 11.8 Å². The number of ether oxygens (including phenoxy) is 1. The van der Waals surface area contributed by atoms with Crippen LogP contribution in [0, 0.1) is 0 Å². The predicted molar refractivity (Wildman–Crippen MR) is 67.4 cm³/mol. The zero-order chi connectivity index (χ0) is 11.3. The van der Waals surface area contributed by atoms with Gasteiger partial charge in [-0.3, -0.25) is 9.69 Å². The topological polar surface area (TPSA) is 29.5 Å². The Morgan fingerprint density at radius 2 is 2.47 bits per heavy atom. The number of halogens is 1. The van der Waals surface area contributed by atoms with Crippen LogP contribution < -0.4 is 0 Å². The fourth-order valence-corrected chi connectivity index (χ4v) is 3.03. The number of hydrogen-bond acceptors (Lipinski definition) is 4. The van der Waals surface area contributed by atoms with Crippen LogP contribution in [0.5, 0.6) is 0 Å². The van der Waals surface area contributed by atoms with E-state index in [1.165, 1.54) is 7.11 Å². The molecule has 1 rings (SSSR count). The fourth-order valence-electron chi connectivity index (χ4n) is 1.58. The maximum atomic E-state index is 11.2. The molecule has 15 heavy (non-hydrogen) atoms. The summed E-state index contributed by atoms with van der Waals surface area (Å²) < 4.78 is 5.66. The Labute approximate surface area is 103 Å². The first-order chi connectivity index (χ1) is 7.13. The summed E-state index contributed by atoms with van der Waals surface area (Å²) in [5, 5.41) is 0. The van der Waals surface area contributed by atoms with Gasteiger partial charge in [0.05, 0.1) is 13.5 Å². The molecule has 0 spiro atoms. The van der Waals surface area contributed by atoms with Crippen molar-refractivity contribution in [3.63, 3.8) is 0 Å². The van der Waals surface area contributed by atoms with Crippen molar-refractivity contribution < 1.29 is 9.53 Å². The molecule has 0 unspecified atom stereocenters. The molecule has 3 nitrogen and oxygen atoms in total. The summed E-state index contributed by atoms with van der Waals surface area (Å²) in [7, 11) is 1.44. The minimum Gasteiger partial charge on any atom is -0.469 e. The minimum atomic E-state index is -0.132. The van der Waals surface area contributed by atoms with Gasteiger partial charge in [0.25, 0.3) is 0 Å². The number of nitrogens with zero attached hydrogens (tertiary/aromatic N) is 1. The number of carbonyl (C=O) groups is 1. The summed E-state index contributed by atoms with van der Waals surface area (Å²) in [6.07, 6.45) is 0.476. The largest absolute Gasteiger partial charge is 0.469 e. The van der Waals surface area contributed by atoms with E-state index in [0.717, 1.165) is 29.1 Å². The number of carbonyl (C=O) groups excluding carboxylic acids is 1. The van der Waals surface area contributed by atoms with Crippen LogP contribution in [0.15, 0.2) is 11.1 Å². The molecule has 0 bridgehead atoms. The molecule has 86 valence electrons. The van der Waals surface area contributed by atoms with E-state index in [1.807, 2.05) is 11.8 Å². The summed E-state index contributed by atoms with van der Waals surface area (Å²) >= 11 is 5.25. The van der Waals surface area contributed by atoms with E-state index < -0.39 is 0 Å². The van der Waals surface area contributed by atoms with Crippen molar-refractivity contribution in [1.82, 2.24) is 4.90 Å². The molecule has 0 saturated carbocycles. The van der Waals surface area contributed by atoms with Crippen LogP contribution in [-0.2, 0) is 9.53 Å². The van der Waals surface area contributed by atoms with Crippen LogP contribution in [-0.4, -0.2) is 48.6 Å². The number of hydrogen-bond donors (Lipinski definition) is 0. The highest BCUT2D eigenvalue weighted by atomic mass is 79.9. The maximum Gasteiger partial charge on any atom is 0.307 e. The van der Waals surface area contributed by atoms with Gasteiger partial charge in [0, 0.05) is 35.1 Å². The zero-order valence-corrected chi connectivity index (χ0v) is 11.3. The molecule has 0 N–H and O–H groups in total. The molecular formula is C10H16BrNO2S.